The van der Waals surface area contributed by atoms with Crippen LogP contribution in [0.2, 0.25) is 0 Å². The molecule has 0 aromatic heterocycles. The number of hydrogen-bond acceptors (Lipinski definition) is 0. The van der Waals surface area contributed by atoms with Crippen molar-refractivity contribution >= 4 is 78.7 Å². The van der Waals surface area contributed by atoms with Gasteiger partial charge in [0.2, 0.25) is 0 Å². The van der Waals surface area contributed by atoms with E-state index in [9.17, 15) is 0 Å². The fourth-order valence-corrected chi connectivity index (χ4v) is 0. The van der Waals surface area contributed by atoms with E-state index in [1.54, 1.807) is 0 Å². The third-order valence-corrected chi connectivity index (χ3v) is 0. The van der Waals surface area contributed by atoms with Gasteiger partial charge in [0.15, 0.2) is 17.4 Å². The molecule has 0 atom stereocenters. The molecule has 0 spiro atoms. The van der Waals surface area contributed by atoms with Crippen molar-refractivity contribution in [1.82, 2.24) is 0 Å². The Hall–Kier alpha value is 2.96. The van der Waals surface area contributed by atoms with Gasteiger partial charge in [0, 0.05) is 17.1 Å². The SMILES string of the molecule is [AlH3].[Fe].[H-].[H-].[Mg+2].[PbH2].[SiH4]. The second-order valence-electron chi connectivity index (χ2n) is 0. The molecule has 0 nitrogen and oxygen atoms in total. The summed E-state index contributed by atoms with van der Waals surface area (Å²) >= 11 is 0. The Morgan fingerprint density at radius 2 is 1.20 bits per heavy atom. The van der Waals surface area contributed by atoms with Gasteiger partial charge < -0.3 is 2.85 Å². The molecule has 0 aliphatic carbocycles. The molecule has 0 heterocycles. The van der Waals surface area contributed by atoms with Crippen LogP contribution in [0.4, 0.5) is 0 Å². The van der Waals surface area contributed by atoms with Crippen LogP contribution < -0.4 is 0 Å². The van der Waals surface area contributed by atoms with Gasteiger partial charge in [-0.25, -0.2) is 0 Å². The van der Waals surface area contributed by atoms with E-state index >= 15 is 0 Å². The molecule has 0 unspecified atom stereocenters. The largest absolute Gasteiger partial charge is 0.0149 e. The molecule has 0 fully saturated rings. The molecule has 0 N–H and O–H groups in total. The maximum atomic E-state index is 0. The van der Waals surface area contributed by atoms with Crippen molar-refractivity contribution in [1.29, 1.82) is 0 Å². The molecule has 0 saturated carbocycles. The summed E-state index contributed by atoms with van der Waals surface area (Å²) in [6, 6.07) is 0. The Morgan fingerprint density at radius 1 is 1.20 bits per heavy atom. The van der Waals surface area contributed by atoms with Crippen LogP contribution in [0.5, 0.6) is 0 Å². The monoisotopic (exact) mass is 354 g/mol. The molecular weight excluding hydrogens is 342 g/mol. The van der Waals surface area contributed by atoms with Crippen LogP contribution in [0.25, 0.3) is 0 Å². The van der Waals surface area contributed by atoms with Crippen LogP contribution in [0.1, 0.15) is 2.85 Å². The van der Waals surface area contributed by atoms with E-state index in [2.05, 4.69) is 0 Å². The second kappa shape index (κ2) is 28.2. The maximum Gasteiger partial charge on any atom is -0.0149 e. The van der Waals surface area contributed by atoms with E-state index in [4.69, 9.17) is 0 Å². The molecule has 5 heavy (non-hydrogen) atoms. The van der Waals surface area contributed by atoms with Crippen molar-refractivity contribution < 1.29 is 19.9 Å². The summed E-state index contributed by atoms with van der Waals surface area (Å²) in [7, 11) is 0. The van der Waals surface area contributed by atoms with Crippen LogP contribution in [0.3, 0.4) is 0 Å². The summed E-state index contributed by atoms with van der Waals surface area (Å²) in [6.07, 6.45) is 0. The summed E-state index contributed by atoms with van der Waals surface area (Å²) in [5.41, 5.74) is 0. The van der Waals surface area contributed by atoms with Gasteiger partial charge >= 0.3 is 50.4 Å². The van der Waals surface area contributed by atoms with E-state index < -0.39 is 0 Å². The smallest absolute Gasteiger partial charge is 0.0149 e. The first-order chi connectivity index (χ1) is 0. The zero-order valence-corrected chi connectivity index (χ0v) is 9.78. The first kappa shape index (κ1) is 44.0. The van der Waals surface area contributed by atoms with Crippen molar-refractivity contribution in [2.75, 3.05) is 0 Å². The molecule has 0 aromatic rings. The summed E-state index contributed by atoms with van der Waals surface area (Å²) in [4.78, 5) is 0. The molecule has 0 amide bonds. The molecule has 5 heteroatoms. The topological polar surface area (TPSA) is 0 Å². The first-order valence-corrected chi connectivity index (χ1v) is 0. The summed E-state index contributed by atoms with van der Waals surface area (Å²) in [5.74, 6) is 0. The fourth-order valence-electron chi connectivity index (χ4n) is 0. The Kier molecular flexibility index (Phi) is 249. The summed E-state index contributed by atoms with van der Waals surface area (Å²) < 4.78 is 0. The van der Waals surface area contributed by atoms with Gasteiger partial charge in [0.1, 0.15) is 0 Å². The first-order valence-electron chi connectivity index (χ1n) is 0. The van der Waals surface area contributed by atoms with Crippen LogP contribution in [0, 0.1) is 0 Å². The van der Waals surface area contributed by atoms with Crippen molar-refractivity contribution in [2.24, 2.45) is 0 Å². The zero-order chi connectivity index (χ0) is 0. The van der Waals surface area contributed by atoms with Crippen LogP contribution >= 0.6 is 0 Å². The molecule has 2 radical (unpaired) electrons. The molecule has 0 aliphatic rings. The van der Waals surface area contributed by atoms with Crippen LogP contribution in [-0.2, 0) is 17.1 Å². The average Bonchev–Trinajstić information content (AvgIpc) is 0. The average molecular weight is 354 g/mol. The zero-order valence-electron chi connectivity index (χ0n) is 3.77. The molecule has 0 rings (SSSR count). The van der Waals surface area contributed by atoms with E-state index in [1.807, 2.05) is 0 Å². The van der Waals surface area contributed by atoms with Gasteiger partial charge in [-0.05, 0) is 11.0 Å². The number of rotatable bonds is 0. The fraction of sp³-hybridized carbons (Fsp3) is 0. The predicted octanol–water partition coefficient (Wildman–Crippen LogP) is -3.71. The normalized spacial score (nSPS) is 0. The Bertz CT molecular complexity index is 17.7. The van der Waals surface area contributed by atoms with E-state index in [0.717, 1.165) is 0 Å². The molecule has 0 bridgehead atoms. The quantitative estimate of drug-likeness (QED) is 0.393. The van der Waals surface area contributed by atoms with Gasteiger partial charge in [-0.15, -0.1) is 0 Å². The van der Waals surface area contributed by atoms with Crippen molar-refractivity contribution in [3.63, 3.8) is 0 Å². The maximum absolute atomic E-state index is 0. The van der Waals surface area contributed by atoms with Crippen molar-refractivity contribution in [3.8, 4) is 0 Å². The summed E-state index contributed by atoms with van der Waals surface area (Å²) in [6.45, 7) is 0. The third kappa shape index (κ3) is 19.6. The van der Waals surface area contributed by atoms with Gasteiger partial charge in [-0.1, -0.05) is 0 Å². The molecule has 32 valence electrons. The van der Waals surface area contributed by atoms with Gasteiger partial charge in [0.25, 0.3) is 0 Å². The van der Waals surface area contributed by atoms with Gasteiger partial charge in [-0.3, -0.25) is 0 Å². The second-order valence-corrected chi connectivity index (χ2v) is 0. The van der Waals surface area contributed by atoms with Crippen LogP contribution in [-0.4, -0.2) is 78.7 Å². The Labute approximate surface area is 97.1 Å². The number of hydrogen-bond donors (Lipinski definition) is 0. The Morgan fingerprint density at radius 3 is 1.20 bits per heavy atom. The van der Waals surface area contributed by atoms with E-state index in [-0.39, 0.29) is 98.6 Å². The molecule has 0 saturated heterocycles. The summed E-state index contributed by atoms with van der Waals surface area (Å²) in [5, 5.41) is 0. The minimum absolute atomic E-state index is 0. The van der Waals surface area contributed by atoms with Crippen molar-refractivity contribution in [2.45, 2.75) is 0 Å². The van der Waals surface area contributed by atoms with Crippen molar-refractivity contribution in [3.05, 3.63) is 0 Å². The molecule has 0 aromatic carbocycles. The molecule has 0 aliphatic heterocycles. The molecular formula is H11AlFeMgPbSi. The van der Waals surface area contributed by atoms with Crippen LogP contribution in [0.15, 0.2) is 0 Å². The van der Waals surface area contributed by atoms with E-state index in [0.29, 0.717) is 0 Å². The minimum Gasteiger partial charge on any atom is -0.0149 e. The third-order valence-electron chi connectivity index (χ3n) is 0. The Balaban J connectivity index is 0. The van der Waals surface area contributed by atoms with E-state index in [1.165, 1.54) is 0 Å². The predicted molar refractivity (Wildman–Crippen MR) is 37.8 cm³/mol. The van der Waals surface area contributed by atoms with Gasteiger partial charge in [0.05, 0.1) is 0 Å². The van der Waals surface area contributed by atoms with Gasteiger partial charge in [-0.2, -0.15) is 0 Å². The minimum atomic E-state index is 0. The standard InChI is InChI=1S/Al.Fe.Mg.Pb.H4Si.7H/h;;;;1H4;;;;;;;/q;;+2;;;;;;;;2*-1.